The van der Waals surface area contributed by atoms with Crippen LogP contribution in [0.15, 0.2) is 84.9 Å². The Morgan fingerprint density at radius 3 is 1.94 bits per heavy atom. The number of nitrogens with one attached hydrogen (secondary N) is 1. The molecule has 0 unspecified atom stereocenters. The van der Waals surface area contributed by atoms with Gasteiger partial charge in [-0.2, -0.15) is 0 Å². The molecule has 4 rings (SSSR count). The molecule has 31 heavy (non-hydrogen) atoms. The average Bonchev–Trinajstić information content (AvgIpc) is 2.80. The maximum absolute atomic E-state index is 13.1. The topological polar surface area (TPSA) is 41.5 Å². The van der Waals surface area contributed by atoms with Gasteiger partial charge in [0.2, 0.25) is 0 Å². The summed E-state index contributed by atoms with van der Waals surface area (Å²) >= 11 is 0. The van der Waals surface area contributed by atoms with Gasteiger partial charge in [0, 0.05) is 18.5 Å². The second kappa shape index (κ2) is 11.4. The Morgan fingerprint density at radius 2 is 1.42 bits per heavy atom. The second-order valence-corrected chi connectivity index (χ2v) is 7.92. The minimum atomic E-state index is -0.662. The monoisotopic (exact) mass is 441 g/mol. The van der Waals surface area contributed by atoms with Crippen LogP contribution in [0.1, 0.15) is 41.6 Å². The number of ether oxygens (including phenoxy) is 1. The number of rotatable bonds is 7. The SMILES string of the molecule is Cl.O[C@@H](CN[C@H]1CC[C@@H](C(c2ccccc2)c2ccccc2)OC1)c1ccc(F)cc1. The van der Waals surface area contributed by atoms with Crippen molar-refractivity contribution in [3.8, 4) is 0 Å². The molecule has 1 aliphatic rings. The third kappa shape index (κ3) is 6.14. The molecule has 3 aromatic carbocycles. The quantitative estimate of drug-likeness (QED) is 0.526. The van der Waals surface area contributed by atoms with Gasteiger partial charge in [0.05, 0.1) is 18.8 Å². The standard InChI is InChI=1S/C26H28FNO2.ClH/c27-22-13-11-19(12-14-22)24(29)17-28-23-15-16-25(30-18-23)26(20-7-3-1-4-8-20)21-9-5-2-6-10-21;/h1-14,23-26,28-29H,15-18H2;1H/t23-,24-,25-;/m0./s1. The van der Waals surface area contributed by atoms with Crippen LogP contribution in [0.2, 0.25) is 0 Å². The lowest BCUT2D eigenvalue weighted by Crippen LogP contribution is -2.43. The van der Waals surface area contributed by atoms with E-state index < -0.39 is 6.10 Å². The first kappa shape index (κ1) is 23.4. The predicted octanol–water partition coefficient (Wildman–Crippen LogP) is 5.25. The molecule has 3 nitrogen and oxygen atoms in total. The molecule has 0 saturated carbocycles. The highest BCUT2D eigenvalue weighted by Crippen LogP contribution is 2.34. The number of hydrogen-bond acceptors (Lipinski definition) is 3. The molecular formula is C26H29ClFNO2. The Kier molecular flexibility index (Phi) is 8.61. The van der Waals surface area contributed by atoms with Gasteiger partial charge in [0.15, 0.2) is 0 Å². The summed E-state index contributed by atoms with van der Waals surface area (Å²) in [6, 6.07) is 27.3. The summed E-state index contributed by atoms with van der Waals surface area (Å²) in [4.78, 5) is 0. The number of benzene rings is 3. The van der Waals surface area contributed by atoms with Gasteiger partial charge in [-0.05, 0) is 41.7 Å². The molecule has 0 spiro atoms. The van der Waals surface area contributed by atoms with Crippen molar-refractivity contribution in [2.75, 3.05) is 13.2 Å². The number of halogens is 2. The average molecular weight is 442 g/mol. The van der Waals surface area contributed by atoms with Crippen molar-refractivity contribution >= 4 is 12.4 Å². The van der Waals surface area contributed by atoms with Gasteiger partial charge >= 0.3 is 0 Å². The molecule has 1 fully saturated rings. The van der Waals surface area contributed by atoms with Gasteiger partial charge in [0.1, 0.15) is 5.82 Å². The largest absolute Gasteiger partial charge is 0.387 e. The van der Waals surface area contributed by atoms with E-state index in [1.54, 1.807) is 12.1 Å². The van der Waals surface area contributed by atoms with E-state index in [-0.39, 0.29) is 36.3 Å². The lowest BCUT2D eigenvalue weighted by Gasteiger charge is -2.35. The predicted molar refractivity (Wildman–Crippen MR) is 124 cm³/mol. The van der Waals surface area contributed by atoms with Crippen LogP contribution in [0.25, 0.3) is 0 Å². The van der Waals surface area contributed by atoms with Gasteiger partial charge < -0.3 is 15.2 Å². The highest BCUT2D eigenvalue weighted by atomic mass is 35.5. The lowest BCUT2D eigenvalue weighted by molar-refractivity contribution is -0.0134. The van der Waals surface area contributed by atoms with E-state index in [1.807, 2.05) is 12.1 Å². The Hall–Kier alpha value is -2.24. The molecule has 0 amide bonds. The molecule has 1 saturated heterocycles. The van der Waals surface area contributed by atoms with E-state index >= 15 is 0 Å². The van der Waals surface area contributed by atoms with E-state index in [0.717, 1.165) is 12.8 Å². The molecule has 164 valence electrons. The van der Waals surface area contributed by atoms with Crippen molar-refractivity contribution in [3.63, 3.8) is 0 Å². The van der Waals surface area contributed by atoms with Crippen molar-refractivity contribution < 1.29 is 14.2 Å². The Labute approximate surface area is 189 Å². The maximum Gasteiger partial charge on any atom is 0.123 e. The van der Waals surface area contributed by atoms with Crippen LogP contribution in [0, 0.1) is 5.82 Å². The molecule has 3 aromatic rings. The molecule has 0 aromatic heterocycles. The molecule has 5 heteroatoms. The third-order valence-corrected chi connectivity index (χ3v) is 5.85. The smallest absolute Gasteiger partial charge is 0.123 e. The van der Waals surface area contributed by atoms with Crippen molar-refractivity contribution in [2.45, 2.75) is 37.0 Å². The molecule has 0 bridgehead atoms. The molecule has 2 N–H and O–H groups in total. The van der Waals surface area contributed by atoms with Crippen molar-refractivity contribution in [2.24, 2.45) is 0 Å². The molecule has 0 aliphatic carbocycles. The fourth-order valence-corrected chi connectivity index (χ4v) is 4.22. The van der Waals surface area contributed by atoms with Crippen molar-refractivity contribution in [1.82, 2.24) is 5.32 Å². The Morgan fingerprint density at radius 1 is 0.839 bits per heavy atom. The van der Waals surface area contributed by atoms with E-state index in [1.165, 1.54) is 23.3 Å². The molecule has 1 aliphatic heterocycles. The fourth-order valence-electron chi connectivity index (χ4n) is 4.22. The van der Waals surface area contributed by atoms with Gasteiger partial charge in [0.25, 0.3) is 0 Å². The number of aliphatic hydroxyl groups is 1. The van der Waals surface area contributed by atoms with Crippen LogP contribution in [0.3, 0.4) is 0 Å². The maximum atomic E-state index is 13.1. The van der Waals surface area contributed by atoms with Crippen LogP contribution in [-0.4, -0.2) is 30.4 Å². The van der Waals surface area contributed by atoms with Crippen molar-refractivity contribution in [1.29, 1.82) is 0 Å². The van der Waals surface area contributed by atoms with E-state index in [4.69, 9.17) is 4.74 Å². The van der Waals surface area contributed by atoms with Crippen molar-refractivity contribution in [3.05, 3.63) is 107 Å². The fraction of sp³-hybridized carbons (Fsp3) is 0.308. The summed E-state index contributed by atoms with van der Waals surface area (Å²) in [7, 11) is 0. The summed E-state index contributed by atoms with van der Waals surface area (Å²) in [5.74, 6) is -0.0878. The molecular weight excluding hydrogens is 413 g/mol. The normalized spacial score (nSPS) is 19.6. The zero-order valence-electron chi connectivity index (χ0n) is 17.4. The van der Waals surface area contributed by atoms with Gasteiger partial charge in [-0.1, -0.05) is 72.8 Å². The first-order chi connectivity index (χ1) is 14.7. The van der Waals surface area contributed by atoms with Crippen LogP contribution >= 0.6 is 12.4 Å². The van der Waals surface area contributed by atoms with Crippen LogP contribution in [-0.2, 0) is 4.74 Å². The van der Waals surface area contributed by atoms with Gasteiger partial charge in [-0.25, -0.2) is 4.39 Å². The van der Waals surface area contributed by atoms with E-state index in [2.05, 4.69) is 53.8 Å². The number of hydrogen-bond donors (Lipinski definition) is 2. The summed E-state index contributed by atoms with van der Waals surface area (Å²) in [5, 5.41) is 13.8. The summed E-state index contributed by atoms with van der Waals surface area (Å²) in [5.41, 5.74) is 3.26. The highest BCUT2D eigenvalue weighted by molar-refractivity contribution is 5.85. The van der Waals surface area contributed by atoms with Crippen LogP contribution in [0.5, 0.6) is 0 Å². The zero-order valence-corrected chi connectivity index (χ0v) is 18.2. The zero-order chi connectivity index (χ0) is 20.8. The minimum absolute atomic E-state index is 0. The Balaban J connectivity index is 0.00000272. The minimum Gasteiger partial charge on any atom is -0.387 e. The van der Waals surface area contributed by atoms with E-state index in [9.17, 15) is 9.50 Å². The second-order valence-electron chi connectivity index (χ2n) is 7.92. The molecule has 3 atom stereocenters. The van der Waals surface area contributed by atoms with Crippen LogP contribution in [0.4, 0.5) is 4.39 Å². The molecule has 0 radical (unpaired) electrons. The Bertz CT molecular complexity index is 860. The summed E-state index contributed by atoms with van der Waals surface area (Å²) in [6.45, 7) is 1.03. The summed E-state index contributed by atoms with van der Waals surface area (Å²) < 4.78 is 19.4. The highest BCUT2D eigenvalue weighted by Gasteiger charge is 2.30. The van der Waals surface area contributed by atoms with Gasteiger partial charge in [-0.15, -0.1) is 12.4 Å². The van der Waals surface area contributed by atoms with Crippen LogP contribution < -0.4 is 5.32 Å². The summed E-state index contributed by atoms with van der Waals surface area (Å²) in [6.07, 6.45) is 1.38. The third-order valence-electron chi connectivity index (χ3n) is 5.85. The van der Waals surface area contributed by atoms with Gasteiger partial charge in [-0.3, -0.25) is 0 Å². The first-order valence-electron chi connectivity index (χ1n) is 10.6. The lowest BCUT2D eigenvalue weighted by atomic mass is 9.83. The first-order valence-corrected chi connectivity index (χ1v) is 10.6. The molecule has 1 heterocycles. The number of aliphatic hydroxyl groups excluding tert-OH is 1. The van der Waals surface area contributed by atoms with E-state index in [0.29, 0.717) is 18.7 Å².